The van der Waals surface area contributed by atoms with Gasteiger partial charge in [0.2, 0.25) is 0 Å². The molecule has 0 bridgehead atoms. The minimum absolute atomic E-state index is 0.352. The second-order valence-electron chi connectivity index (χ2n) is 4.87. The molecule has 0 aromatic heterocycles. The van der Waals surface area contributed by atoms with Crippen LogP contribution in [0.4, 0.5) is 0 Å². The highest BCUT2D eigenvalue weighted by atomic mass is 16.1. The zero-order valence-corrected chi connectivity index (χ0v) is 9.41. The Hall–Kier alpha value is -0.590. The lowest BCUT2D eigenvalue weighted by Crippen LogP contribution is -2.13. The van der Waals surface area contributed by atoms with Crippen molar-refractivity contribution >= 4 is 6.29 Å². The molecule has 0 heterocycles. The first-order valence-electron chi connectivity index (χ1n) is 5.84. The number of hydrogen-bond acceptors (Lipinski definition) is 1. The summed E-state index contributed by atoms with van der Waals surface area (Å²) in [5, 5.41) is 0. The quantitative estimate of drug-likeness (QED) is 0.493. The number of carbonyl (C=O) groups is 1. The van der Waals surface area contributed by atoms with Gasteiger partial charge in [0.15, 0.2) is 0 Å². The molecule has 0 aromatic carbocycles. The Kier molecular flexibility index (Phi) is 4.92. The predicted octanol–water partition coefficient (Wildman–Crippen LogP) is 3.59. The van der Waals surface area contributed by atoms with Gasteiger partial charge in [-0.25, -0.2) is 0 Å². The molecule has 0 aliphatic heterocycles. The molecule has 1 rings (SSSR count). The number of allylic oxidation sites excluding steroid dienone is 2. The topological polar surface area (TPSA) is 17.1 Å². The van der Waals surface area contributed by atoms with Gasteiger partial charge in [0, 0.05) is 5.92 Å². The maximum Gasteiger partial charge on any atom is 0.123 e. The van der Waals surface area contributed by atoms with Gasteiger partial charge in [0.1, 0.15) is 6.29 Å². The number of aldehydes is 1. The molecule has 0 N–H and O–H groups in total. The summed E-state index contributed by atoms with van der Waals surface area (Å²) in [6.45, 7) is 4.49. The second kappa shape index (κ2) is 6.00. The zero-order valence-electron chi connectivity index (χ0n) is 9.41. The van der Waals surface area contributed by atoms with Crippen LogP contribution in [0.15, 0.2) is 12.2 Å². The van der Waals surface area contributed by atoms with Crippen LogP contribution in [0.3, 0.4) is 0 Å². The lowest BCUT2D eigenvalue weighted by Gasteiger charge is -2.22. The van der Waals surface area contributed by atoms with Crippen molar-refractivity contribution in [3.8, 4) is 0 Å². The molecule has 0 amide bonds. The fourth-order valence-corrected chi connectivity index (χ4v) is 2.02. The molecule has 0 aromatic rings. The third kappa shape index (κ3) is 4.08. The Morgan fingerprint density at radius 2 is 1.71 bits per heavy atom. The normalized spacial score (nSPS) is 28.5. The third-order valence-corrected chi connectivity index (χ3v) is 3.02. The van der Waals surface area contributed by atoms with E-state index < -0.39 is 0 Å². The maximum atomic E-state index is 10.6. The Labute approximate surface area is 87.6 Å². The molecule has 0 radical (unpaired) electrons. The second-order valence-corrected chi connectivity index (χ2v) is 4.87. The standard InChI is InChI=1S/C13H22O/c1-11(2)4-3-5-12-6-8-13(10-14)9-7-12/h3,5,10-13H,4,6-9H2,1-2H3/b5-3+. The van der Waals surface area contributed by atoms with Gasteiger partial charge in [-0.2, -0.15) is 0 Å². The number of rotatable bonds is 4. The minimum atomic E-state index is 0.352. The first-order valence-corrected chi connectivity index (χ1v) is 5.84. The van der Waals surface area contributed by atoms with E-state index in [2.05, 4.69) is 26.0 Å². The van der Waals surface area contributed by atoms with Gasteiger partial charge in [0.05, 0.1) is 0 Å². The van der Waals surface area contributed by atoms with Crippen molar-refractivity contribution in [3.05, 3.63) is 12.2 Å². The van der Waals surface area contributed by atoms with E-state index >= 15 is 0 Å². The summed E-state index contributed by atoms with van der Waals surface area (Å²) < 4.78 is 0. The van der Waals surface area contributed by atoms with Crippen molar-refractivity contribution in [2.75, 3.05) is 0 Å². The molecule has 0 atom stereocenters. The Morgan fingerprint density at radius 1 is 1.14 bits per heavy atom. The van der Waals surface area contributed by atoms with Gasteiger partial charge in [-0.1, -0.05) is 26.0 Å². The molecule has 0 saturated heterocycles. The molecule has 0 spiro atoms. The van der Waals surface area contributed by atoms with Gasteiger partial charge in [-0.05, 0) is 43.9 Å². The molecule has 1 saturated carbocycles. The molecule has 80 valence electrons. The fourth-order valence-electron chi connectivity index (χ4n) is 2.02. The van der Waals surface area contributed by atoms with Gasteiger partial charge in [0.25, 0.3) is 0 Å². The Balaban J connectivity index is 2.21. The van der Waals surface area contributed by atoms with E-state index in [1.165, 1.54) is 19.3 Å². The summed E-state index contributed by atoms with van der Waals surface area (Å²) in [5.41, 5.74) is 0. The lowest BCUT2D eigenvalue weighted by molar-refractivity contribution is -0.112. The molecular weight excluding hydrogens is 172 g/mol. The van der Waals surface area contributed by atoms with E-state index in [0.29, 0.717) is 5.92 Å². The van der Waals surface area contributed by atoms with E-state index in [0.717, 1.165) is 31.0 Å². The lowest BCUT2D eigenvalue weighted by atomic mass is 9.82. The number of hydrogen-bond donors (Lipinski definition) is 0. The molecule has 14 heavy (non-hydrogen) atoms. The van der Waals surface area contributed by atoms with Crippen LogP contribution in [-0.2, 0) is 4.79 Å². The van der Waals surface area contributed by atoms with Crippen LogP contribution in [0, 0.1) is 17.8 Å². The van der Waals surface area contributed by atoms with Crippen LogP contribution in [0.25, 0.3) is 0 Å². The highest BCUT2D eigenvalue weighted by Gasteiger charge is 2.18. The first-order chi connectivity index (χ1) is 6.72. The predicted molar refractivity (Wildman–Crippen MR) is 60.1 cm³/mol. The summed E-state index contributed by atoms with van der Waals surface area (Å²) in [4.78, 5) is 10.6. The smallest absolute Gasteiger partial charge is 0.123 e. The molecule has 0 unspecified atom stereocenters. The highest BCUT2D eigenvalue weighted by Crippen LogP contribution is 2.28. The van der Waals surface area contributed by atoms with Crippen LogP contribution in [0.5, 0.6) is 0 Å². The van der Waals surface area contributed by atoms with E-state index in [-0.39, 0.29) is 0 Å². The molecule has 1 fully saturated rings. The van der Waals surface area contributed by atoms with E-state index in [1.807, 2.05) is 0 Å². The first kappa shape index (κ1) is 11.5. The van der Waals surface area contributed by atoms with Crippen molar-refractivity contribution in [2.45, 2.75) is 46.0 Å². The van der Waals surface area contributed by atoms with Crippen molar-refractivity contribution in [1.82, 2.24) is 0 Å². The maximum absolute atomic E-state index is 10.6. The SMILES string of the molecule is CC(C)C/C=C/C1CCC(C=O)CC1. The van der Waals surface area contributed by atoms with Crippen LogP contribution < -0.4 is 0 Å². The molecule has 1 nitrogen and oxygen atoms in total. The van der Waals surface area contributed by atoms with E-state index in [9.17, 15) is 4.79 Å². The molecular formula is C13H22O. The van der Waals surface area contributed by atoms with Crippen LogP contribution in [-0.4, -0.2) is 6.29 Å². The average Bonchev–Trinajstić information content (AvgIpc) is 2.18. The summed E-state index contributed by atoms with van der Waals surface area (Å²) in [5.74, 6) is 1.85. The minimum Gasteiger partial charge on any atom is -0.303 e. The van der Waals surface area contributed by atoms with Gasteiger partial charge in [-0.3, -0.25) is 0 Å². The van der Waals surface area contributed by atoms with E-state index in [4.69, 9.17) is 0 Å². The monoisotopic (exact) mass is 194 g/mol. The van der Waals surface area contributed by atoms with Gasteiger partial charge >= 0.3 is 0 Å². The summed E-state index contributed by atoms with van der Waals surface area (Å²) in [6, 6.07) is 0. The van der Waals surface area contributed by atoms with Crippen LogP contribution in [0.2, 0.25) is 0 Å². The van der Waals surface area contributed by atoms with Crippen molar-refractivity contribution in [1.29, 1.82) is 0 Å². The van der Waals surface area contributed by atoms with Gasteiger partial charge in [-0.15, -0.1) is 0 Å². The van der Waals surface area contributed by atoms with Crippen molar-refractivity contribution in [3.63, 3.8) is 0 Å². The highest BCUT2D eigenvalue weighted by molar-refractivity contribution is 5.53. The average molecular weight is 194 g/mol. The van der Waals surface area contributed by atoms with E-state index in [1.54, 1.807) is 0 Å². The van der Waals surface area contributed by atoms with Crippen molar-refractivity contribution in [2.24, 2.45) is 17.8 Å². The molecule has 1 aliphatic carbocycles. The van der Waals surface area contributed by atoms with Gasteiger partial charge < -0.3 is 4.79 Å². The summed E-state index contributed by atoms with van der Waals surface area (Å²) in [7, 11) is 0. The Bertz CT molecular complexity index is 185. The molecule has 1 heteroatoms. The Morgan fingerprint density at radius 3 is 2.21 bits per heavy atom. The van der Waals surface area contributed by atoms with Crippen LogP contribution in [0.1, 0.15) is 46.0 Å². The van der Waals surface area contributed by atoms with Crippen LogP contribution >= 0.6 is 0 Å². The largest absolute Gasteiger partial charge is 0.303 e. The third-order valence-electron chi connectivity index (χ3n) is 3.02. The fraction of sp³-hybridized carbons (Fsp3) is 0.769. The van der Waals surface area contributed by atoms with Crippen molar-refractivity contribution < 1.29 is 4.79 Å². The summed E-state index contributed by atoms with van der Waals surface area (Å²) in [6.07, 6.45) is 11.6. The molecule has 1 aliphatic rings. The zero-order chi connectivity index (χ0) is 10.4. The number of carbonyl (C=O) groups excluding carboxylic acids is 1. The summed E-state index contributed by atoms with van der Waals surface area (Å²) >= 11 is 0.